The van der Waals surface area contributed by atoms with E-state index in [4.69, 9.17) is 4.74 Å². The molecule has 0 heterocycles. The number of halogens is 1. The zero-order valence-electron chi connectivity index (χ0n) is 13.5. The van der Waals surface area contributed by atoms with Crippen LogP contribution < -0.4 is 0 Å². The summed E-state index contributed by atoms with van der Waals surface area (Å²) >= 11 is 1.70. The average molecular weight is 306 g/mol. The van der Waals surface area contributed by atoms with Crippen LogP contribution in [0.5, 0.6) is 0 Å². The molecule has 0 aliphatic heterocycles. The fourth-order valence-corrected chi connectivity index (χ4v) is 3.27. The Hall–Kier alpha value is -0.250. The van der Waals surface area contributed by atoms with E-state index >= 15 is 0 Å². The fraction of sp³-hybridized carbons (Fsp3) is 0.938. The fourth-order valence-electron chi connectivity index (χ4n) is 1.89. The van der Waals surface area contributed by atoms with E-state index < -0.39 is 6.17 Å². The molecule has 0 spiro atoms. The number of hydrogen-bond acceptors (Lipinski definition) is 3. The van der Waals surface area contributed by atoms with Crippen molar-refractivity contribution in [2.45, 2.75) is 77.6 Å². The van der Waals surface area contributed by atoms with Gasteiger partial charge in [-0.3, -0.25) is 4.79 Å². The number of ether oxygens (including phenoxy) is 1. The van der Waals surface area contributed by atoms with Crippen LogP contribution in [0.3, 0.4) is 0 Å². The maximum atomic E-state index is 12.6. The highest BCUT2D eigenvalue weighted by molar-refractivity contribution is 8.00. The summed E-state index contributed by atoms with van der Waals surface area (Å²) < 4.78 is 17.9. The van der Waals surface area contributed by atoms with Gasteiger partial charge in [0.15, 0.2) is 0 Å². The third kappa shape index (κ3) is 11.6. The van der Waals surface area contributed by atoms with E-state index in [0.717, 1.165) is 37.9 Å². The highest BCUT2D eigenvalue weighted by Gasteiger charge is 2.21. The lowest BCUT2D eigenvalue weighted by Crippen LogP contribution is -2.23. The Labute approximate surface area is 128 Å². The van der Waals surface area contributed by atoms with Gasteiger partial charge < -0.3 is 4.74 Å². The molecule has 0 amide bonds. The standard InChI is InChI=1S/C16H31FO2S/c1-5-10-19-16(18)15(12-13(2)3)20-11-8-6-7-9-14(4)17/h13-15H,5-12H2,1-4H3. The molecule has 0 radical (unpaired) electrons. The Bertz CT molecular complexity index is 245. The van der Waals surface area contributed by atoms with Gasteiger partial charge in [-0.15, -0.1) is 11.8 Å². The minimum Gasteiger partial charge on any atom is -0.465 e. The summed E-state index contributed by atoms with van der Waals surface area (Å²) in [5.74, 6) is 1.39. The summed E-state index contributed by atoms with van der Waals surface area (Å²) in [6.45, 7) is 8.38. The minimum absolute atomic E-state index is 0.0401. The molecule has 0 fully saturated rings. The topological polar surface area (TPSA) is 26.3 Å². The Morgan fingerprint density at radius 2 is 1.90 bits per heavy atom. The first kappa shape index (κ1) is 19.8. The van der Waals surface area contributed by atoms with Crippen molar-refractivity contribution < 1.29 is 13.9 Å². The molecule has 2 atom stereocenters. The predicted molar refractivity (Wildman–Crippen MR) is 86.0 cm³/mol. The first-order valence-electron chi connectivity index (χ1n) is 7.89. The summed E-state index contributed by atoms with van der Waals surface area (Å²) in [6.07, 6.45) is 4.72. The van der Waals surface area contributed by atoms with E-state index in [2.05, 4.69) is 13.8 Å². The van der Waals surface area contributed by atoms with Crippen LogP contribution in [-0.4, -0.2) is 29.8 Å². The van der Waals surface area contributed by atoms with E-state index in [0.29, 0.717) is 18.9 Å². The number of hydrogen-bond donors (Lipinski definition) is 0. The minimum atomic E-state index is -0.694. The number of alkyl halides is 1. The lowest BCUT2D eigenvalue weighted by atomic mass is 10.1. The van der Waals surface area contributed by atoms with Crippen molar-refractivity contribution in [2.75, 3.05) is 12.4 Å². The van der Waals surface area contributed by atoms with Crippen LogP contribution in [0.4, 0.5) is 4.39 Å². The highest BCUT2D eigenvalue weighted by Crippen LogP contribution is 2.22. The van der Waals surface area contributed by atoms with Crippen LogP contribution in [0, 0.1) is 5.92 Å². The molecule has 0 aromatic carbocycles. The Morgan fingerprint density at radius 1 is 1.20 bits per heavy atom. The second-order valence-corrected chi connectivity index (χ2v) is 7.10. The smallest absolute Gasteiger partial charge is 0.319 e. The Kier molecular flexibility index (Phi) is 12.3. The van der Waals surface area contributed by atoms with Crippen molar-refractivity contribution in [1.29, 1.82) is 0 Å². The van der Waals surface area contributed by atoms with Gasteiger partial charge in [0.25, 0.3) is 0 Å². The molecule has 4 heteroatoms. The summed E-state index contributed by atoms with van der Waals surface area (Å²) in [5, 5.41) is -0.0401. The molecule has 2 unspecified atom stereocenters. The lowest BCUT2D eigenvalue weighted by Gasteiger charge is -2.17. The molecule has 0 saturated carbocycles. The van der Waals surface area contributed by atoms with Crippen molar-refractivity contribution in [3.05, 3.63) is 0 Å². The maximum absolute atomic E-state index is 12.6. The molecule has 0 bridgehead atoms. The Balaban J connectivity index is 3.89. The molecule has 0 aromatic rings. The molecule has 0 aliphatic rings. The SMILES string of the molecule is CCCOC(=O)C(CC(C)C)SCCCCCC(C)F. The zero-order valence-corrected chi connectivity index (χ0v) is 14.3. The normalized spacial score (nSPS) is 14.3. The van der Waals surface area contributed by atoms with Gasteiger partial charge in [-0.05, 0) is 44.3 Å². The summed E-state index contributed by atoms with van der Waals surface area (Å²) in [5.41, 5.74) is 0. The lowest BCUT2D eigenvalue weighted by molar-refractivity contribution is -0.143. The van der Waals surface area contributed by atoms with Gasteiger partial charge in [0.05, 0.1) is 12.8 Å². The van der Waals surface area contributed by atoms with Gasteiger partial charge >= 0.3 is 5.97 Å². The van der Waals surface area contributed by atoms with Crippen LogP contribution in [0.25, 0.3) is 0 Å². The quantitative estimate of drug-likeness (QED) is 0.375. The zero-order chi connectivity index (χ0) is 15.4. The highest BCUT2D eigenvalue weighted by atomic mass is 32.2. The molecule has 2 nitrogen and oxygen atoms in total. The monoisotopic (exact) mass is 306 g/mol. The van der Waals surface area contributed by atoms with E-state index in [1.165, 1.54) is 0 Å². The van der Waals surface area contributed by atoms with Crippen molar-refractivity contribution >= 4 is 17.7 Å². The molecular weight excluding hydrogens is 275 g/mol. The molecule has 0 rings (SSSR count). The first-order chi connectivity index (χ1) is 9.47. The average Bonchev–Trinajstić information content (AvgIpc) is 2.37. The second kappa shape index (κ2) is 12.5. The van der Waals surface area contributed by atoms with Gasteiger partial charge in [0, 0.05) is 0 Å². The van der Waals surface area contributed by atoms with Crippen LogP contribution in [-0.2, 0) is 9.53 Å². The number of carbonyl (C=O) groups excluding carboxylic acids is 1. The van der Waals surface area contributed by atoms with Crippen molar-refractivity contribution in [3.8, 4) is 0 Å². The van der Waals surface area contributed by atoms with Crippen LogP contribution in [0.2, 0.25) is 0 Å². The van der Waals surface area contributed by atoms with Crippen molar-refractivity contribution in [2.24, 2.45) is 5.92 Å². The molecule has 20 heavy (non-hydrogen) atoms. The summed E-state index contributed by atoms with van der Waals surface area (Å²) in [7, 11) is 0. The van der Waals surface area contributed by atoms with Crippen molar-refractivity contribution in [1.82, 2.24) is 0 Å². The third-order valence-electron chi connectivity index (χ3n) is 2.96. The summed E-state index contributed by atoms with van der Waals surface area (Å²) in [6, 6.07) is 0. The number of rotatable bonds is 12. The Morgan fingerprint density at radius 3 is 2.45 bits per heavy atom. The molecule has 0 aliphatic carbocycles. The van der Waals surface area contributed by atoms with E-state index in [9.17, 15) is 9.18 Å². The molecule has 120 valence electrons. The molecule has 0 saturated heterocycles. The summed E-state index contributed by atoms with van der Waals surface area (Å²) in [4.78, 5) is 12.0. The maximum Gasteiger partial charge on any atom is 0.319 e. The van der Waals surface area contributed by atoms with Gasteiger partial charge in [0.1, 0.15) is 5.25 Å². The van der Waals surface area contributed by atoms with Crippen LogP contribution in [0.1, 0.15) is 66.2 Å². The third-order valence-corrected chi connectivity index (χ3v) is 4.27. The molecule has 0 N–H and O–H groups in total. The molecule has 0 aromatic heterocycles. The number of thioether (sulfide) groups is 1. The largest absolute Gasteiger partial charge is 0.465 e. The van der Waals surface area contributed by atoms with E-state index in [1.807, 2.05) is 6.92 Å². The van der Waals surface area contributed by atoms with Gasteiger partial charge in [-0.1, -0.05) is 33.6 Å². The predicted octanol–water partition coefficient (Wildman–Crippen LogP) is 5.01. The van der Waals surface area contributed by atoms with Crippen molar-refractivity contribution in [3.63, 3.8) is 0 Å². The van der Waals surface area contributed by atoms with Gasteiger partial charge in [0.2, 0.25) is 0 Å². The van der Waals surface area contributed by atoms with E-state index in [1.54, 1.807) is 18.7 Å². The second-order valence-electron chi connectivity index (χ2n) is 5.79. The van der Waals surface area contributed by atoms with Crippen LogP contribution >= 0.6 is 11.8 Å². The molecular formula is C16H31FO2S. The first-order valence-corrected chi connectivity index (χ1v) is 8.94. The van der Waals surface area contributed by atoms with Crippen LogP contribution in [0.15, 0.2) is 0 Å². The number of unbranched alkanes of at least 4 members (excludes halogenated alkanes) is 2. The van der Waals surface area contributed by atoms with Gasteiger partial charge in [-0.2, -0.15) is 0 Å². The van der Waals surface area contributed by atoms with Gasteiger partial charge in [-0.25, -0.2) is 4.39 Å². The number of esters is 1. The van der Waals surface area contributed by atoms with E-state index in [-0.39, 0.29) is 11.2 Å². The number of carbonyl (C=O) groups is 1.